The average Bonchev–Trinajstić information content (AvgIpc) is 2.71. The van der Waals surface area contributed by atoms with Crippen molar-refractivity contribution < 1.29 is 9.52 Å². The highest BCUT2D eigenvalue weighted by Gasteiger charge is 2.25. The standard InChI is InChI=1S/C13H21NO2/c1-10-4-3-5-11(2)14(10)8-12-6-7-13(9-15)16-12/h6-7,10-11,15H,3-5,8-9H2,1-2H3/t10-,11+. The Kier molecular flexibility index (Phi) is 3.66. The first-order valence-electron chi connectivity index (χ1n) is 6.15. The number of likely N-dealkylation sites (tertiary alicyclic amines) is 1. The number of hydrogen-bond acceptors (Lipinski definition) is 3. The lowest BCUT2D eigenvalue weighted by molar-refractivity contribution is 0.0858. The van der Waals surface area contributed by atoms with Crippen molar-refractivity contribution in [1.29, 1.82) is 0 Å². The number of furan rings is 1. The highest BCUT2D eigenvalue weighted by atomic mass is 16.4. The number of hydrogen-bond donors (Lipinski definition) is 1. The van der Waals surface area contributed by atoms with Gasteiger partial charge >= 0.3 is 0 Å². The van der Waals surface area contributed by atoms with Crippen LogP contribution in [0, 0.1) is 0 Å². The molecule has 1 fully saturated rings. The molecule has 1 saturated heterocycles. The van der Waals surface area contributed by atoms with E-state index in [4.69, 9.17) is 9.52 Å². The molecule has 2 heterocycles. The first-order chi connectivity index (χ1) is 7.70. The molecule has 1 aromatic rings. The van der Waals surface area contributed by atoms with Gasteiger partial charge in [0, 0.05) is 12.1 Å². The zero-order valence-corrected chi connectivity index (χ0v) is 10.1. The van der Waals surface area contributed by atoms with Crippen LogP contribution in [0.5, 0.6) is 0 Å². The van der Waals surface area contributed by atoms with Crippen LogP contribution < -0.4 is 0 Å². The fourth-order valence-corrected chi connectivity index (χ4v) is 2.56. The van der Waals surface area contributed by atoms with Gasteiger partial charge in [-0.15, -0.1) is 0 Å². The molecule has 1 aromatic heterocycles. The van der Waals surface area contributed by atoms with Gasteiger partial charge < -0.3 is 9.52 Å². The second-order valence-corrected chi connectivity index (χ2v) is 4.83. The van der Waals surface area contributed by atoms with Crippen molar-refractivity contribution in [2.75, 3.05) is 0 Å². The third-order valence-corrected chi connectivity index (χ3v) is 3.59. The second-order valence-electron chi connectivity index (χ2n) is 4.83. The van der Waals surface area contributed by atoms with Crippen molar-refractivity contribution in [2.45, 2.75) is 58.3 Å². The normalized spacial score (nSPS) is 27.2. The minimum atomic E-state index is -0.00882. The van der Waals surface area contributed by atoms with Gasteiger partial charge in [-0.25, -0.2) is 0 Å². The maximum absolute atomic E-state index is 8.95. The number of nitrogens with zero attached hydrogens (tertiary/aromatic N) is 1. The summed E-state index contributed by atoms with van der Waals surface area (Å²) in [5, 5.41) is 8.95. The molecule has 90 valence electrons. The summed E-state index contributed by atoms with van der Waals surface area (Å²) in [6, 6.07) is 5.09. The lowest BCUT2D eigenvalue weighted by Crippen LogP contribution is -2.42. The van der Waals surface area contributed by atoms with Gasteiger partial charge in [0.25, 0.3) is 0 Å². The molecule has 3 nitrogen and oxygen atoms in total. The minimum Gasteiger partial charge on any atom is -0.462 e. The monoisotopic (exact) mass is 223 g/mol. The Balaban J connectivity index is 2.01. The molecule has 2 rings (SSSR count). The number of rotatable bonds is 3. The predicted octanol–water partition coefficient (Wildman–Crippen LogP) is 2.53. The zero-order chi connectivity index (χ0) is 11.5. The van der Waals surface area contributed by atoms with Crippen molar-refractivity contribution >= 4 is 0 Å². The lowest BCUT2D eigenvalue weighted by Gasteiger charge is -2.38. The van der Waals surface area contributed by atoms with Crippen molar-refractivity contribution in [3.8, 4) is 0 Å². The molecule has 0 aliphatic carbocycles. The largest absolute Gasteiger partial charge is 0.462 e. The van der Waals surface area contributed by atoms with E-state index < -0.39 is 0 Å². The summed E-state index contributed by atoms with van der Waals surface area (Å²) in [5.41, 5.74) is 0. The third-order valence-electron chi connectivity index (χ3n) is 3.59. The highest BCUT2D eigenvalue weighted by Crippen LogP contribution is 2.25. The number of piperidine rings is 1. The summed E-state index contributed by atoms with van der Waals surface area (Å²) >= 11 is 0. The molecule has 1 aliphatic rings. The molecule has 0 radical (unpaired) electrons. The van der Waals surface area contributed by atoms with Crippen molar-refractivity contribution in [1.82, 2.24) is 4.90 Å². The Morgan fingerprint density at radius 3 is 2.44 bits per heavy atom. The van der Waals surface area contributed by atoms with E-state index >= 15 is 0 Å². The maximum atomic E-state index is 8.95. The first kappa shape index (κ1) is 11.7. The first-order valence-corrected chi connectivity index (χ1v) is 6.15. The van der Waals surface area contributed by atoms with Crippen LogP contribution >= 0.6 is 0 Å². The van der Waals surface area contributed by atoms with Crippen LogP contribution in [0.25, 0.3) is 0 Å². The number of aliphatic hydroxyl groups is 1. The van der Waals surface area contributed by atoms with Crippen LogP contribution in [0.4, 0.5) is 0 Å². The summed E-state index contributed by atoms with van der Waals surface area (Å²) < 4.78 is 5.54. The lowest BCUT2D eigenvalue weighted by atomic mass is 9.97. The van der Waals surface area contributed by atoms with E-state index in [9.17, 15) is 0 Å². The maximum Gasteiger partial charge on any atom is 0.129 e. The molecule has 3 heteroatoms. The topological polar surface area (TPSA) is 36.6 Å². The van der Waals surface area contributed by atoms with E-state index in [1.54, 1.807) is 0 Å². The van der Waals surface area contributed by atoms with Crippen LogP contribution in [0.1, 0.15) is 44.6 Å². The fraction of sp³-hybridized carbons (Fsp3) is 0.692. The molecule has 0 saturated carbocycles. The molecule has 0 spiro atoms. The Morgan fingerprint density at radius 1 is 1.25 bits per heavy atom. The van der Waals surface area contributed by atoms with Gasteiger partial charge in [-0.1, -0.05) is 6.42 Å². The average molecular weight is 223 g/mol. The Bertz CT molecular complexity index is 324. The predicted molar refractivity (Wildman–Crippen MR) is 62.9 cm³/mol. The molecular weight excluding hydrogens is 202 g/mol. The summed E-state index contributed by atoms with van der Waals surface area (Å²) in [5.74, 6) is 1.62. The molecule has 2 atom stereocenters. The molecule has 0 bridgehead atoms. The van der Waals surface area contributed by atoms with Crippen LogP contribution in [-0.2, 0) is 13.2 Å². The summed E-state index contributed by atoms with van der Waals surface area (Å²) in [6.07, 6.45) is 3.88. The third kappa shape index (κ3) is 2.47. The van der Waals surface area contributed by atoms with Gasteiger partial charge in [0.05, 0.1) is 6.54 Å². The summed E-state index contributed by atoms with van der Waals surface area (Å²) in [7, 11) is 0. The van der Waals surface area contributed by atoms with Gasteiger partial charge in [0.15, 0.2) is 0 Å². The molecule has 0 amide bonds. The van der Waals surface area contributed by atoms with E-state index in [1.807, 2.05) is 12.1 Å². The smallest absolute Gasteiger partial charge is 0.129 e. The van der Waals surface area contributed by atoms with Gasteiger partial charge in [0.1, 0.15) is 18.1 Å². The van der Waals surface area contributed by atoms with Gasteiger partial charge in [-0.2, -0.15) is 0 Å². The van der Waals surface area contributed by atoms with Crippen LogP contribution in [0.2, 0.25) is 0 Å². The van der Waals surface area contributed by atoms with E-state index in [0.29, 0.717) is 17.8 Å². The SMILES string of the molecule is C[C@@H]1CCC[C@H](C)N1Cc1ccc(CO)o1. The van der Waals surface area contributed by atoms with E-state index in [2.05, 4.69) is 18.7 Å². The fourth-order valence-electron chi connectivity index (χ4n) is 2.56. The summed E-state index contributed by atoms with van der Waals surface area (Å²) in [4.78, 5) is 2.49. The van der Waals surface area contributed by atoms with Crippen LogP contribution in [0.3, 0.4) is 0 Å². The molecule has 0 unspecified atom stereocenters. The summed E-state index contributed by atoms with van der Waals surface area (Å²) in [6.45, 7) is 5.42. The van der Waals surface area contributed by atoms with Crippen molar-refractivity contribution in [2.24, 2.45) is 0 Å². The quantitative estimate of drug-likeness (QED) is 0.855. The molecule has 16 heavy (non-hydrogen) atoms. The number of aliphatic hydroxyl groups excluding tert-OH is 1. The molecule has 1 N–H and O–H groups in total. The Morgan fingerprint density at radius 2 is 1.88 bits per heavy atom. The molecular formula is C13H21NO2. The second kappa shape index (κ2) is 5.02. The minimum absolute atomic E-state index is 0.00882. The van der Waals surface area contributed by atoms with Crippen LogP contribution in [0.15, 0.2) is 16.5 Å². The van der Waals surface area contributed by atoms with Gasteiger partial charge in [0.2, 0.25) is 0 Å². The Labute approximate surface area is 97.1 Å². The Hall–Kier alpha value is -0.800. The van der Waals surface area contributed by atoms with Crippen molar-refractivity contribution in [3.05, 3.63) is 23.7 Å². The van der Waals surface area contributed by atoms with E-state index in [1.165, 1.54) is 19.3 Å². The highest BCUT2D eigenvalue weighted by molar-refractivity contribution is 5.06. The van der Waals surface area contributed by atoms with E-state index in [-0.39, 0.29) is 6.61 Å². The van der Waals surface area contributed by atoms with Crippen molar-refractivity contribution in [3.63, 3.8) is 0 Å². The molecule has 0 aromatic carbocycles. The van der Waals surface area contributed by atoms with E-state index in [0.717, 1.165) is 12.3 Å². The zero-order valence-electron chi connectivity index (χ0n) is 10.1. The van der Waals surface area contributed by atoms with Gasteiger partial charge in [-0.05, 0) is 38.8 Å². The van der Waals surface area contributed by atoms with Crippen LogP contribution in [-0.4, -0.2) is 22.1 Å². The van der Waals surface area contributed by atoms with Gasteiger partial charge in [-0.3, -0.25) is 4.90 Å². The molecule has 1 aliphatic heterocycles.